The molecule has 0 spiro atoms. The third-order valence-electron chi connectivity index (χ3n) is 5.06. The molecule has 0 bridgehead atoms. The van der Waals surface area contributed by atoms with Crippen molar-refractivity contribution in [3.05, 3.63) is 125 Å². The standard InChI is InChI=1S/C14H10F3NO4S.C8H8FNO2.C6H4F2/c1-22-14(19)8-4-2-7-11(12(8)17)18-23(20,21)13-9(15)5-3-6-10(13)16;1-12-8(11)5-3-2-4-6(10)7(5)9;7-5-2-1-3-6(8)4-5/h2-7,18H,1H3;2-4H,10H2,1H3;1-4H. The van der Waals surface area contributed by atoms with E-state index in [9.17, 15) is 44.3 Å². The maximum absolute atomic E-state index is 14.1. The van der Waals surface area contributed by atoms with Crippen LogP contribution >= 0.6 is 0 Å². The predicted molar refractivity (Wildman–Crippen MR) is 143 cm³/mol. The minimum atomic E-state index is -4.74. The van der Waals surface area contributed by atoms with Crippen LogP contribution in [0.2, 0.25) is 0 Å². The number of hydrogen-bond acceptors (Lipinski definition) is 7. The van der Waals surface area contributed by atoms with Crippen LogP contribution in [0.3, 0.4) is 0 Å². The highest BCUT2D eigenvalue weighted by Gasteiger charge is 2.26. The Morgan fingerprint density at radius 2 is 1.12 bits per heavy atom. The van der Waals surface area contributed by atoms with Gasteiger partial charge in [-0.3, -0.25) is 4.72 Å². The molecule has 4 aromatic carbocycles. The van der Waals surface area contributed by atoms with E-state index in [4.69, 9.17) is 5.73 Å². The number of carbonyl (C=O) groups is 2. The third-order valence-corrected chi connectivity index (χ3v) is 6.47. The van der Waals surface area contributed by atoms with Gasteiger partial charge in [-0.1, -0.05) is 24.3 Å². The summed E-state index contributed by atoms with van der Waals surface area (Å²) < 4.78 is 113. The highest BCUT2D eigenvalue weighted by Crippen LogP contribution is 2.25. The molecule has 0 heterocycles. The molecular formula is C28H22F6N2O6S. The van der Waals surface area contributed by atoms with Gasteiger partial charge in [-0.15, -0.1) is 0 Å². The largest absolute Gasteiger partial charge is 0.465 e. The van der Waals surface area contributed by atoms with Crippen molar-refractivity contribution in [1.29, 1.82) is 0 Å². The number of benzene rings is 4. The Morgan fingerprint density at radius 1 is 0.674 bits per heavy atom. The molecule has 0 saturated heterocycles. The smallest absolute Gasteiger partial charge is 0.340 e. The number of nitrogens with two attached hydrogens (primary N) is 1. The molecule has 4 aromatic rings. The number of rotatable bonds is 5. The lowest BCUT2D eigenvalue weighted by Gasteiger charge is -2.11. The van der Waals surface area contributed by atoms with Gasteiger partial charge in [0.1, 0.15) is 23.3 Å². The molecule has 0 amide bonds. The number of carbonyl (C=O) groups excluding carboxylic acids is 2. The fourth-order valence-corrected chi connectivity index (χ4v) is 4.29. The zero-order valence-electron chi connectivity index (χ0n) is 22.2. The summed E-state index contributed by atoms with van der Waals surface area (Å²) in [6.07, 6.45) is 0. The molecule has 0 aliphatic rings. The van der Waals surface area contributed by atoms with Crippen LogP contribution in [0.25, 0.3) is 0 Å². The number of sulfonamides is 1. The van der Waals surface area contributed by atoms with Gasteiger partial charge in [-0.25, -0.2) is 44.3 Å². The van der Waals surface area contributed by atoms with E-state index in [1.54, 1.807) is 4.72 Å². The molecule has 43 heavy (non-hydrogen) atoms. The Kier molecular flexibility index (Phi) is 12.1. The van der Waals surface area contributed by atoms with Crippen molar-refractivity contribution in [2.75, 3.05) is 24.7 Å². The first-order valence-electron chi connectivity index (χ1n) is 11.6. The first-order chi connectivity index (χ1) is 20.2. The molecule has 0 unspecified atom stereocenters. The summed E-state index contributed by atoms with van der Waals surface area (Å²) >= 11 is 0. The zero-order valence-corrected chi connectivity index (χ0v) is 23.0. The molecule has 0 atom stereocenters. The Labute approximate surface area is 241 Å². The monoisotopic (exact) mass is 628 g/mol. The summed E-state index contributed by atoms with van der Waals surface area (Å²) in [5.74, 6) is -7.44. The molecule has 0 aliphatic carbocycles. The number of halogens is 6. The number of nitrogens with one attached hydrogen (secondary N) is 1. The lowest BCUT2D eigenvalue weighted by Crippen LogP contribution is -2.18. The average Bonchev–Trinajstić information content (AvgIpc) is 2.95. The SMILES string of the molecule is COC(=O)c1cccc(N)c1F.COC(=O)c1cccc(NS(=O)(=O)c2c(F)cccc2F)c1F.Fc1cccc(F)c1. The van der Waals surface area contributed by atoms with Crippen LogP contribution in [-0.4, -0.2) is 34.6 Å². The van der Waals surface area contributed by atoms with E-state index in [2.05, 4.69) is 9.47 Å². The van der Waals surface area contributed by atoms with Gasteiger partial charge in [0.2, 0.25) is 0 Å². The Hall–Kier alpha value is -5.05. The number of esters is 2. The normalized spacial score (nSPS) is 10.3. The maximum Gasteiger partial charge on any atom is 0.340 e. The first-order valence-corrected chi connectivity index (χ1v) is 13.1. The van der Waals surface area contributed by atoms with E-state index >= 15 is 0 Å². The minimum absolute atomic E-state index is 0.0575. The molecule has 0 saturated carbocycles. The molecule has 4 rings (SSSR count). The summed E-state index contributed by atoms with van der Waals surface area (Å²) in [5.41, 5.74) is 3.86. The van der Waals surface area contributed by atoms with Gasteiger partial charge >= 0.3 is 11.9 Å². The summed E-state index contributed by atoms with van der Waals surface area (Å²) in [6, 6.07) is 14.5. The van der Waals surface area contributed by atoms with Crippen LogP contribution in [0.4, 0.5) is 37.7 Å². The molecule has 0 fully saturated rings. The van der Waals surface area contributed by atoms with Crippen molar-refractivity contribution in [2.45, 2.75) is 4.90 Å². The van der Waals surface area contributed by atoms with Gasteiger partial charge < -0.3 is 15.2 Å². The lowest BCUT2D eigenvalue weighted by atomic mass is 10.2. The number of nitrogen functional groups attached to an aromatic ring is 1. The van der Waals surface area contributed by atoms with Crippen LogP contribution in [0.5, 0.6) is 0 Å². The van der Waals surface area contributed by atoms with Crippen molar-refractivity contribution in [3.8, 4) is 0 Å². The molecule has 0 aliphatic heterocycles. The van der Waals surface area contributed by atoms with Crippen molar-refractivity contribution >= 4 is 33.3 Å². The average molecular weight is 629 g/mol. The molecule has 15 heteroatoms. The van der Waals surface area contributed by atoms with Gasteiger partial charge in [-0.05, 0) is 48.5 Å². The molecular weight excluding hydrogens is 606 g/mol. The molecule has 0 radical (unpaired) electrons. The van der Waals surface area contributed by atoms with Crippen LogP contribution in [-0.2, 0) is 19.5 Å². The number of anilines is 2. The third kappa shape index (κ3) is 9.22. The summed E-state index contributed by atoms with van der Waals surface area (Å²) in [4.78, 5) is 21.0. The number of methoxy groups -OCH3 is 2. The maximum atomic E-state index is 14.1. The molecule has 0 aromatic heterocycles. The van der Waals surface area contributed by atoms with Gasteiger partial charge in [-0.2, -0.15) is 0 Å². The van der Waals surface area contributed by atoms with E-state index in [-0.39, 0.29) is 11.3 Å². The predicted octanol–water partition coefficient (Wildman–Crippen LogP) is 5.85. The molecule has 8 nitrogen and oxygen atoms in total. The van der Waals surface area contributed by atoms with E-state index in [1.807, 2.05) is 0 Å². The van der Waals surface area contributed by atoms with Crippen LogP contribution < -0.4 is 10.5 Å². The quantitative estimate of drug-likeness (QED) is 0.161. The fourth-order valence-electron chi connectivity index (χ4n) is 3.09. The van der Waals surface area contributed by atoms with Crippen LogP contribution in [0, 0.1) is 34.9 Å². The summed E-state index contributed by atoms with van der Waals surface area (Å²) in [6.45, 7) is 0. The Balaban J connectivity index is 0.000000266. The van der Waals surface area contributed by atoms with Crippen molar-refractivity contribution in [1.82, 2.24) is 0 Å². The minimum Gasteiger partial charge on any atom is -0.465 e. The molecule has 228 valence electrons. The Morgan fingerprint density at radius 3 is 1.58 bits per heavy atom. The van der Waals surface area contributed by atoms with Gasteiger partial charge in [0.25, 0.3) is 10.0 Å². The second kappa shape index (κ2) is 15.3. The van der Waals surface area contributed by atoms with E-state index in [1.165, 1.54) is 49.6 Å². The first kappa shape index (κ1) is 34.2. The van der Waals surface area contributed by atoms with Crippen LogP contribution in [0.15, 0.2) is 83.8 Å². The van der Waals surface area contributed by atoms with E-state index in [0.29, 0.717) is 0 Å². The van der Waals surface area contributed by atoms with Gasteiger partial charge in [0.15, 0.2) is 16.5 Å². The van der Waals surface area contributed by atoms with Crippen LogP contribution in [0.1, 0.15) is 20.7 Å². The van der Waals surface area contributed by atoms with Crippen molar-refractivity contribution < 1.29 is 53.8 Å². The van der Waals surface area contributed by atoms with Gasteiger partial charge in [0, 0.05) is 6.07 Å². The topological polar surface area (TPSA) is 125 Å². The fraction of sp³-hybridized carbons (Fsp3) is 0.0714. The Bertz CT molecular complexity index is 1680. The van der Waals surface area contributed by atoms with Gasteiger partial charge in [0.05, 0.1) is 36.7 Å². The van der Waals surface area contributed by atoms with Crippen molar-refractivity contribution in [3.63, 3.8) is 0 Å². The molecule has 3 N–H and O–H groups in total. The second-order valence-electron chi connectivity index (χ2n) is 7.96. The van der Waals surface area contributed by atoms with E-state index in [0.717, 1.165) is 43.5 Å². The summed E-state index contributed by atoms with van der Waals surface area (Å²) in [5, 5.41) is 0. The summed E-state index contributed by atoms with van der Waals surface area (Å²) in [7, 11) is -2.53. The highest BCUT2D eigenvalue weighted by atomic mass is 32.2. The zero-order chi connectivity index (χ0) is 32.3. The van der Waals surface area contributed by atoms with E-state index < -0.39 is 73.0 Å². The number of hydrogen-bond donors (Lipinski definition) is 2. The second-order valence-corrected chi connectivity index (χ2v) is 9.57. The highest BCUT2D eigenvalue weighted by molar-refractivity contribution is 7.92. The number of ether oxygens (including phenoxy) is 2. The van der Waals surface area contributed by atoms with Crippen molar-refractivity contribution in [2.24, 2.45) is 0 Å². The lowest BCUT2D eigenvalue weighted by molar-refractivity contribution is 0.0586.